The van der Waals surface area contributed by atoms with Crippen molar-refractivity contribution in [3.63, 3.8) is 0 Å². The van der Waals surface area contributed by atoms with E-state index >= 15 is 0 Å². The summed E-state index contributed by atoms with van der Waals surface area (Å²) in [6.45, 7) is 7.03. The molecule has 6 heteroatoms. The third-order valence-corrected chi connectivity index (χ3v) is 4.99. The summed E-state index contributed by atoms with van der Waals surface area (Å²) in [6.07, 6.45) is 1.84. The Labute approximate surface area is 171 Å². The number of nitrogens with one attached hydrogen (secondary N) is 1. The molecule has 4 rings (SSSR count). The van der Waals surface area contributed by atoms with Crippen LogP contribution in [0.1, 0.15) is 31.0 Å². The summed E-state index contributed by atoms with van der Waals surface area (Å²) >= 11 is 0. The van der Waals surface area contributed by atoms with Gasteiger partial charge in [0.15, 0.2) is 17.0 Å². The second-order valence-corrected chi connectivity index (χ2v) is 7.52. The van der Waals surface area contributed by atoms with E-state index in [-0.39, 0.29) is 6.04 Å². The molecular formula is C23H26N6. The Morgan fingerprint density at radius 2 is 1.72 bits per heavy atom. The number of hydrogen-bond acceptors (Lipinski definition) is 5. The van der Waals surface area contributed by atoms with E-state index in [1.165, 1.54) is 11.1 Å². The quantitative estimate of drug-likeness (QED) is 0.500. The second kappa shape index (κ2) is 7.91. The zero-order chi connectivity index (χ0) is 20.4. The standard InChI is InChI=1S/C23H26N6/c1-16(2)29-15-25-20-21(24-14-18-12-10-17(3)11-13-18)26-23(27-22(20)29)28(4)19-8-6-5-7-9-19/h5-13,15-16H,14H2,1-4H3,(H,24,26,27). The van der Waals surface area contributed by atoms with Gasteiger partial charge in [0.25, 0.3) is 0 Å². The highest BCUT2D eigenvalue weighted by Gasteiger charge is 2.17. The van der Waals surface area contributed by atoms with Crippen molar-refractivity contribution in [3.05, 3.63) is 72.1 Å². The Balaban J connectivity index is 1.74. The third kappa shape index (κ3) is 3.92. The van der Waals surface area contributed by atoms with Crippen molar-refractivity contribution in [1.82, 2.24) is 19.5 Å². The number of imidazole rings is 1. The summed E-state index contributed by atoms with van der Waals surface area (Å²) in [7, 11) is 1.98. The molecule has 2 aromatic heterocycles. The van der Waals surface area contributed by atoms with Crippen molar-refractivity contribution < 1.29 is 0 Å². The monoisotopic (exact) mass is 386 g/mol. The van der Waals surface area contributed by atoms with E-state index in [0.717, 1.165) is 22.7 Å². The number of para-hydroxylation sites is 1. The molecule has 0 spiro atoms. The predicted octanol–water partition coefficient (Wildman–Crippen LogP) is 5.10. The largest absolute Gasteiger partial charge is 0.364 e. The van der Waals surface area contributed by atoms with Crippen molar-refractivity contribution in [2.75, 3.05) is 17.3 Å². The summed E-state index contributed by atoms with van der Waals surface area (Å²) < 4.78 is 2.08. The number of aryl methyl sites for hydroxylation is 1. The highest BCUT2D eigenvalue weighted by atomic mass is 15.3. The van der Waals surface area contributed by atoms with Crippen LogP contribution in [0.2, 0.25) is 0 Å². The number of rotatable bonds is 6. The number of hydrogen-bond donors (Lipinski definition) is 1. The van der Waals surface area contributed by atoms with Gasteiger partial charge in [-0.25, -0.2) is 4.98 Å². The number of anilines is 3. The smallest absolute Gasteiger partial charge is 0.233 e. The van der Waals surface area contributed by atoms with Gasteiger partial charge in [0, 0.05) is 25.3 Å². The van der Waals surface area contributed by atoms with Gasteiger partial charge in [-0.3, -0.25) is 0 Å². The SMILES string of the molecule is Cc1ccc(CNc2nc(N(C)c3ccccc3)nc3c2ncn3C(C)C)cc1. The van der Waals surface area contributed by atoms with Crippen LogP contribution in [0.5, 0.6) is 0 Å². The van der Waals surface area contributed by atoms with Gasteiger partial charge >= 0.3 is 0 Å². The van der Waals surface area contributed by atoms with Gasteiger partial charge < -0.3 is 14.8 Å². The van der Waals surface area contributed by atoms with Gasteiger partial charge in [-0.2, -0.15) is 9.97 Å². The van der Waals surface area contributed by atoms with Crippen molar-refractivity contribution >= 4 is 28.6 Å². The zero-order valence-corrected chi connectivity index (χ0v) is 17.3. The summed E-state index contributed by atoms with van der Waals surface area (Å²) in [5.41, 5.74) is 5.10. The Kier molecular flexibility index (Phi) is 5.16. The molecule has 0 radical (unpaired) electrons. The lowest BCUT2D eigenvalue weighted by molar-refractivity contribution is 0.612. The second-order valence-electron chi connectivity index (χ2n) is 7.52. The molecule has 148 valence electrons. The Bertz CT molecular complexity index is 1100. The highest BCUT2D eigenvalue weighted by Crippen LogP contribution is 2.27. The van der Waals surface area contributed by atoms with E-state index in [4.69, 9.17) is 9.97 Å². The van der Waals surface area contributed by atoms with Crippen LogP contribution in [-0.4, -0.2) is 26.6 Å². The van der Waals surface area contributed by atoms with Crippen molar-refractivity contribution in [3.8, 4) is 0 Å². The summed E-state index contributed by atoms with van der Waals surface area (Å²) in [6, 6.07) is 18.9. The van der Waals surface area contributed by atoms with Gasteiger partial charge in [0.05, 0.1) is 6.33 Å². The van der Waals surface area contributed by atoms with E-state index in [2.05, 4.69) is 59.9 Å². The fourth-order valence-electron chi connectivity index (χ4n) is 3.21. The van der Waals surface area contributed by atoms with E-state index in [1.807, 2.05) is 48.6 Å². The van der Waals surface area contributed by atoms with Gasteiger partial charge in [-0.1, -0.05) is 48.0 Å². The fraction of sp³-hybridized carbons (Fsp3) is 0.261. The van der Waals surface area contributed by atoms with E-state index in [9.17, 15) is 0 Å². The molecule has 0 amide bonds. The molecule has 2 aromatic carbocycles. The van der Waals surface area contributed by atoms with Crippen molar-refractivity contribution in [2.24, 2.45) is 0 Å². The topological polar surface area (TPSA) is 58.9 Å². The molecule has 0 saturated heterocycles. The third-order valence-electron chi connectivity index (χ3n) is 4.99. The molecule has 29 heavy (non-hydrogen) atoms. The minimum atomic E-state index is 0.259. The van der Waals surface area contributed by atoms with Crippen LogP contribution in [0, 0.1) is 6.92 Å². The number of fused-ring (bicyclic) bond motifs is 1. The summed E-state index contributed by atoms with van der Waals surface area (Å²) in [5.74, 6) is 1.38. The lowest BCUT2D eigenvalue weighted by atomic mass is 10.1. The molecule has 0 aliphatic rings. The fourth-order valence-corrected chi connectivity index (χ4v) is 3.21. The van der Waals surface area contributed by atoms with Crippen LogP contribution < -0.4 is 10.2 Å². The van der Waals surface area contributed by atoms with E-state index in [0.29, 0.717) is 12.5 Å². The first kappa shape index (κ1) is 18.9. The number of aromatic nitrogens is 4. The van der Waals surface area contributed by atoms with Crippen LogP contribution in [0.15, 0.2) is 60.9 Å². The molecule has 6 nitrogen and oxygen atoms in total. The average Bonchev–Trinajstić information content (AvgIpc) is 3.17. The molecule has 1 N–H and O–H groups in total. The number of nitrogens with zero attached hydrogens (tertiary/aromatic N) is 5. The van der Waals surface area contributed by atoms with E-state index in [1.54, 1.807) is 0 Å². The Morgan fingerprint density at radius 3 is 2.41 bits per heavy atom. The van der Waals surface area contributed by atoms with Gasteiger partial charge in [0.1, 0.15) is 0 Å². The summed E-state index contributed by atoms with van der Waals surface area (Å²) in [4.78, 5) is 16.2. The molecule has 4 aromatic rings. The molecule has 0 atom stereocenters. The van der Waals surface area contributed by atoms with Crippen molar-refractivity contribution in [2.45, 2.75) is 33.4 Å². The maximum Gasteiger partial charge on any atom is 0.233 e. The van der Waals surface area contributed by atoms with Gasteiger partial charge in [-0.15, -0.1) is 0 Å². The maximum atomic E-state index is 4.84. The average molecular weight is 387 g/mol. The highest BCUT2D eigenvalue weighted by molar-refractivity contribution is 5.85. The van der Waals surface area contributed by atoms with Crippen LogP contribution in [0.4, 0.5) is 17.5 Å². The van der Waals surface area contributed by atoms with Gasteiger partial charge in [-0.05, 0) is 38.5 Å². The summed E-state index contributed by atoms with van der Waals surface area (Å²) in [5, 5.41) is 3.47. The van der Waals surface area contributed by atoms with Crippen LogP contribution >= 0.6 is 0 Å². The lowest BCUT2D eigenvalue weighted by Gasteiger charge is -2.19. The van der Waals surface area contributed by atoms with E-state index < -0.39 is 0 Å². The minimum absolute atomic E-state index is 0.259. The molecule has 0 aliphatic heterocycles. The van der Waals surface area contributed by atoms with Crippen molar-refractivity contribution in [1.29, 1.82) is 0 Å². The molecule has 0 saturated carbocycles. The Hall–Kier alpha value is -3.41. The lowest BCUT2D eigenvalue weighted by Crippen LogP contribution is -2.15. The maximum absolute atomic E-state index is 4.84. The molecule has 0 fully saturated rings. The van der Waals surface area contributed by atoms with Gasteiger partial charge in [0.2, 0.25) is 5.95 Å². The first-order valence-electron chi connectivity index (χ1n) is 9.85. The minimum Gasteiger partial charge on any atom is -0.364 e. The molecule has 0 aliphatic carbocycles. The first-order chi connectivity index (χ1) is 14.0. The molecular weight excluding hydrogens is 360 g/mol. The molecule has 2 heterocycles. The molecule has 0 unspecified atom stereocenters. The number of benzene rings is 2. The van der Waals surface area contributed by atoms with Crippen LogP contribution in [0.3, 0.4) is 0 Å². The van der Waals surface area contributed by atoms with Crippen LogP contribution in [0.25, 0.3) is 11.2 Å². The zero-order valence-electron chi connectivity index (χ0n) is 17.3. The Morgan fingerprint density at radius 1 is 1.00 bits per heavy atom. The normalized spacial score (nSPS) is 11.2. The first-order valence-corrected chi connectivity index (χ1v) is 9.85. The molecule has 0 bridgehead atoms. The van der Waals surface area contributed by atoms with Crippen LogP contribution in [-0.2, 0) is 6.54 Å². The predicted molar refractivity (Wildman–Crippen MR) is 119 cm³/mol.